The third-order valence-corrected chi connectivity index (χ3v) is 2.04. The highest BCUT2D eigenvalue weighted by atomic mass is 16.2. The zero-order valence-corrected chi connectivity index (χ0v) is 6.22. The normalized spacial score (nSPS) is 26.9. The maximum atomic E-state index is 10.7. The largest absolute Gasteiger partial charge is 0.342 e. The molecule has 0 aliphatic carbocycles. The lowest BCUT2D eigenvalue weighted by Crippen LogP contribution is -2.52. The molecule has 1 saturated heterocycles. The average molecular weight is 127 g/mol. The standard InChI is InChI=1S/C7H13NO/c1-5(2)6-4-7(9)8(6)3/h5-6H,4H2,1-3H3/t6-/m1/s1. The lowest BCUT2D eigenvalue weighted by molar-refractivity contribution is -0.145. The molecule has 1 aliphatic heterocycles. The van der Waals surface area contributed by atoms with Crippen molar-refractivity contribution >= 4 is 5.91 Å². The number of nitrogens with zero attached hydrogens (tertiary/aromatic N) is 1. The zero-order valence-electron chi connectivity index (χ0n) is 6.22. The second kappa shape index (κ2) is 2.01. The van der Waals surface area contributed by atoms with Crippen LogP contribution in [0.5, 0.6) is 0 Å². The Morgan fingerprint density at radius 3 is 2.33 bits per heavy atom. The summed E-state index contributed by atoms with van der Waals surface area (Å²) in [4.78, 5) is 12.5. The van der Waals surface area contributed by atoms with E-state index in [1.165, 1.54) is 0 Å². The van der Waals surface area contributed by atoms with Crippen LogP contribution in [-0.2, 0) is 4.79 Å². The van der Waals surface area contributed by atoms with E-state index < -0.39 is 0 Å². The first kappa shape index (κ1) is 6.59. The van der Waals surface area contributed by atoms with Crippen LogP contribution >= 0.6 is 0 Å². The highest BCUT2D eigenvalue weighted by molar-refractivity contribution is 5.82. The molecule has 9 heavy (non-hydrogen) atoms. The van der Waals surface area contributed by atoms with Gasteiger partial charge in [0.25, 0.3) is 0 Å². The number of hydrogen-bond donors (Lipinski definition) is 0. The van der Waals surface area contributed by atoms with Gasteiger partial charge in [0.05, 0.1) is 0 Å². The lowest BCUT2D eigenvalue weighted by Gasteiger charge is -2.40. The second-order valence-electron chi connectivity index (χ2n) is 3.02. The summed E-state index contributed by atoms with van der Waals surface area (Å²) in [7, 11) is 1.87. The van der Waals surface area contributed by atoms with Gasteiger partial charge in [-0.15, -0.1) is 0 Å². The van der Waals surface area contributed by atoms with Gasteiger partial charge in [0, 0.05) is 19.5 Å². The highest BCUT2D eigenvalue weighted by Gasteiger charge is 2.34. The van der Waals surface area contributed by atoms with Crippen molar-refractivity contribution in [1.82, 2.24) is 4.90 Å². The summed E-state index contributed by atoms with van der Waals surface area (Å²) >= 11 is 0. The van der Waals surface area contributed by atoms with Gasteiger partial charge in [0.2, 0.25) is 5.91 Å². The fourth-order valence-electron chi connectivity index (χ4n) is 1.22. The van der Waals surface area contributed by atoms with Crippen LogP contribution in [0.3, 0.4) is 0 Å². The SMILES string of the molecule is CC(C)[C@H]1CC(=O)N1C. The van der Waals surface area contributed by atoms with Gasteiger partial charge in [-0.1, -0.05) is 13.8 Å². The Morgan fingerprint density at radius 2 is 2.22 bits per heavy atom. The summed E-state index contributed by atoms with van der Waals surface area (Å²) in [5, 5.41) is 0. The molecule has 52 valence electrons. The molecule has 0 N–H and O–H groups in total. The molecule has 0 unspecified atom stereocenters. The number of amides is 1. The Kier molecular flexibility index (Phi) is 1.47. The maximum absolute atomic E-state index is 10.7. The second-order valence-corrected chi connectivity index (χ2v) is 3.02. The topological polar surface area (TPSA) is 20.3 Å². The third kappa shape index (κ3) is 0.934. The fraction of sp³-hybridized carbons (Fsp3) is 0.857. The van der Waals surface area contributed by atoms with Crippen LogP contribution in [0, 0.1) is 5.92 Å². The van der Waals surface area contributed by atoms with Gasteiger partial charge in [-0.2, -0.15) is 0 Å². The number of likely N-dealkylation sites (tertiary alicyclic amines) is 1. The summed E-state index contributed by atoms with van der Waals surface area (Å²) in [6, 6.07) is 0.512. The van der Waals surface area contributed by atoms with Crippen molar-refractivity contribution in [1.29, 1.82) is 0 Å². The fourth-order valence-corrected chi connectivity index (χ4v) is 1.22. The smallest absolute Gasteiger partial charge is 0.224 e. The molecule has 0 aromatic rings. The molecule has 0 saturated carbocycles. The van der Waals surface area contributed by atoms with Gasteiger partial charge in [-0.05, 0) is 5.92 Å². The van der Waals surface area contributed by atoms with Gasteiger partial charge in [-0.3, -0.25) is 4.79 Å². The van der Waals surface area contributed by atoms with E-state index in [2.05, 4.69) is 13.8 Å². The van der Waals surface area contributed by atoms with Gasteiger partial charge in [-0.25, -0.2) is 0 Å². The van der Waals surface area contributed by atoms with E-state index >= 15 is 0 Å². The van der Waals surface area contributed by atoms with Crippen molar-refractivity contribution < 1.29 is 4.79 Å². The summed E-state index contributed by atoms with van der Waals surface area (Å²) in [5.41, 5.74) is 0. The molecular formula is C7H13NO. The molecule has 2 nitrogen and oxygen atoms in total. The monoisotopic (exact) mass is 127 g/mol. The lowest BCUT2D eigenvalue weighted by atomic mass is 9.92. The van der Waals surface area contributed by atoms with E-state index in [4.69, 9.17) is 0 Å². The summed E-state index contributed by atoms with van der Waals surface area (Å²) in [6.07, 6.45) is 0.758. The molecule has 1 heterocycles. The van der Waals surface area contributed by atoms with Crippen LogP contribution in [0.4, 0.5) is 0 Å². The molecule has 1 aliphatic rings. The van der Waals surface area contributed by atoms with E-state index in [0.717, 1.165) is 6.42 Å². The first-order valence-corrected chi connectivity index (χ1v) is 3.38. The quantitative estimate of drug-likeness (QED) is 0.479. The summed E-state index contributed by atoms with van der Waals surface area (Å²) < 4.78 is 0. The minimum atomic E-state index is 0.286. The Balaban J connectivity index is 2.42. The van der Waals surface area contributed by atoms with E-state index in [-0.39, 0.29) is 5.91 Å². The molecular weight excluding hydrogens is 114 g/mol. The van der Waals surface area contributed by atoms with Crippen LogP contribution in [0.2, 0.25) is 0 Å². The van der Waals surface area contributed by atoms with Crippen molar-refractivity contribution in [2.24, 2.45) is 5.92 Å². The summed E-state index contributed by atoms with van der Waals surface area (Å²) in [6.45, 7) is 4.29. The number of β-lactam (4-membered cyclic amide) rings is 1. The van der Waals surface area contributed by atoms with Crippen molar-refractivity contribution in [3.63, 3.8) is 0 Å². The molecule has 0 bridgehead atoms. The number of carbonyl (C=O) groups is 1. The van der Waals surface area contributed by atoms with E-state index in [1.54, 1.807) is 0 Å². The minimum absolute atomic E-state index is 0.286. The van der Waals surface area contributed by atoms with Gasteiger partial charge < -0.3 is 4.90 Å². The van der Waals surface area contributed by atoms with E-state index in [9.17, 15) is 4.79 Å². The van der Waals surface area contributed by atoms with Crippen LogP contribution < -0.4 is 0 Å². The molecule has 0 aromatic carbocycles. The first-order valence-electron chi connectivity index (χ1n) is 3.38. The average Bonchev–Trinajstić information content (AvgIpc) is 1.81. The van der Waals surface area contributed by atoms with E-state index in [1.807, 2.05) is 11.9 Å². The molecule has 0 aromatic heterocycles. The molecule has 2 heteroatoms. The molecule has 0 spiro atoms. The van der Waals surface area contributed by atoms with Crippen LogP contribution in [0.15, 0.2) is 0 Å². The first-order chi connectivity index (χ1) is 4.13. The maximum Gasteiger partial charge on any atom is 0.224 e. The Morgan fingerprint density at radius 1 is 1.67 bits per heavy atom. The van der Waals surface area contributed by atoms with Crippen LogP contribution in [0.1, 0.15) is 20.3 Å². The molecule has 1 atom stereocenters. The number of rotatable bonds is 1. The van der Waals surface area contributed by atoms with Crippen LogP contribution in [-0.4, -0.2) is 23.9 Å². The Bertz CT molecular complexity index is 131. The van der Waals surface area contributed by atoms with Crippen molar-refractivity contribution in [2.75, 3.05) is 7.05 Å². The van der Waals surface area contributed by atoms with Gasteiger partial charge in [0.15, 0.2) is 0 Å². The summed E-state index contributed by atoms with van der Waals surface area (Å²) in [5.74, 6) is 0.904. The molecule has 0 radical (unpaired) electrons. The van der Waals surface area contributed by atoms with E-state index in [0.29, 0.717) is 12.0 Å². The van der Waals surface area contributed by atoms with Crippen molar-refractivity contribution in [3.8, 4) is 0 Å². The van der Waals surface area contributed by atoms with Gasteiger partial charge in [0.1, 0.15) is 0 Å². The van der Waals surface area contributed by atoms with Crippen LogP contribution in [0.25, 0.3) is 0 Å². The molecule has 1 amide bonds. The van der Waals surface area contributed by atoms with Crippen molar-refractivity contribution in [2.45, 2.75) is 26.3 Å². The predicted molar refractivity (Wildman–Crippen MR) is 36.0 cm³/mol. The highest BCUT2D eigenvalue weighted by Crippen LogP contribution is 2.22. The molecule has 1 fully saturated rings. The Labute approximate surface area is 55.8 Å². The zero-order chi connectivity index (χ0) is 7.02. The number of carbonyl (C=O) groups excluding carboxylic acids is 1. The predicted octanol–water partition coefficient (Wildman–Crippen LogP) is 0.873. The number of hydrogen-bond acceptors (Lipinski definition) is 1. The van der Waals surface area contributed by atoms with Crippen molar-refractivity contribution in [3.05, 3.63) is 0 Å². The third-order valence-electron chi connectivity index (χ3n) is 2.04. The minimum Gasteiger partial charge on any atom is -0.342 e. The van der Waals surface area contributed by atoms with Gasteiger partial charge >= 0.3 is 0 Å². The molecule has 1 rings (SSSR count). The Hall–Kier alpha value is -0.530.